The van der Waals surface area contributed by atoms with E-state index < -0.39 is 0 Å². The van der Waals surface area contributed by atoms with Crippen molar-refractivity contribution >= 4 is 23.4 Å². The van der Waals surface area contributed by atoms with E-state index in [4.69, 9.17) is 0 Å². The fraction of sp³-hybridized carbons (Fsp3) is 0.360. The van der Waals surface area contributed by atoms with E-state index >= 15 is 0 Å². The van der Waals surface area contributed by atoms with Gasteiger partial charge in [-0.1, -0.05) is 12.1 Å². The van der Waals surface area contributed by atoms with Gasteiger partial charge in [-0.05, 0) is 68.2 Å². The molecule has 1 saturated heterocycles. The molecule has 8 nitrogen and oxygen atoms in total. The number of pyridine rings is 1. The van der Waals surface area contributed by atoms with Crippen molar-refractivity contribution in [2.24, 2.45) is 5.92 Å². The number of hydrogen-bond acceptors (Lipinski definition) is 7. The molecular formula is C25H29N7O. The maximum absolute atomic E-state index is 12.6. The Morgan fingerprint density at radius 2 is 1.85 bits per heavy atom. The molecule has 0 radical (unpaired) electrons. The molecule has 5 aliphatic rings. The molecule has 8 rings (SSSR count). The van der Waals surface area contributed by atoms with Gasteiger partial charge in [0.2, 0.25) is 11.9 Å². The number of anilines is 3. The van der Waals surface area contributed by atoms with Gasteiger partial charge in [0, 0.05) is 49.2 Å². The zero-order valence-electron chi connectivity index (χ0n) is 18.6. The minimum atomic E-state index is 0.110. The molecule has 0 aliphatic carbocycles. The molecule has 8 bridgehead atoms. The van der Waals surface area contributed by atoms with Crippen molar-refractivity contribution in [3.63, 3.8) is 0 Å². The standard InChI is InChI=1S/C25H29N7O/c33-24-19-8-13-32(14-9-19)17-18-3-1-4-21(15-18)30-25-28-12-7-22(31-25)20-5-6-23(29-16-20)26-10-2-11-27-24/h1,3-7,12,15-16,19H,2,8-11,13-14,17H2,(H,26,29)(H,27,33)(H,28,30,31). The number of hydrogen-bond donors (Lipinski definition) is 3. The van der Waals surface area contributed by atoms with Crippen LogP contribution in [0.5, 0.6) is 0 Å². The smallest absolute Gasteiger partial charge is 0.227 e. The molecule has 0 unspecified atom stereocenters. The van der Waals surface area contributed by atoms with Crippen molar-refractivity contribution in [3.8, 4) is 11.3 Å². The van der Waals surface area contributed by atoms with Crippen molar-refractivity contribution in [1.82, 2.24) is 25.2 Å². The van der Waals surface area contributed by atoms with Gasteiger partial charge in [0.15, 0.2) is 0 Å². The van der Waals surface area contributed by atoms with Gasteiger partial charge in [-0.15, -0.1) is 0 Å². The molecule has 1 fully saturated rings. The molecule has 3 N–H and O–H groups in total. The Kier molecular flexibility index (Phi) is 6.44. The summed E-state index contributed by atoms with van der Waals surface area (Å²) in [6, 6.07) is 14.2. The van der Waals surface area contributed by atoms with Gasteiger partial charge in [-0.2, -0.15) is 0 Å². The second kappa shape index (κ2) is 9.95. The highest BCUT2D eigenvalue weighted by molar-refractivity contribution is 5.78. The monoisotopic (exact) mass is 443 g/mol. The van der Waals surface area contributed by atoms with Crippen molar-refractivity contribution in [2.45, 2.75) is 25.8 Å². The van der Waals surface area contributed by atoms with Crippen LogP contribution in [0.1, 0.15) is 24.8 Å². The molecular weight excluding hydrogens is 414 g/mol. The van der Waals surface area contributed by atoms with Crippen molar-refractivity contribution < 1.29 is 4.79 Å². The van der Waals surface area contributed by atoms with E-state index in [0.717, 1.165) is 68.2 Å². The van der Waals surface area contributed by atoms with Crippen molar-refractivity contribution in [1.29, 1.82) is 0 Å². The zero-order chi connectivity index (χ0) is 22.5. The molecule has 2 aromatic heterocycles. The molecule has 1 amide bonds. The SMILES string of the molecule is O=C1NCCCNc2ccc(cn2)-c2ccnc(n2)Nc2cccc(c2)CN2CCC1CC2. The normalized spacial score (nSPS) is 21.2. The number of amides is 1. The number of carbonyl (C=O) groups is 1. The van der Waals surface area contributed by atoms with E-state index in [1.807, 2.05) is 30.5 Å². The minimum Gasteiger partial charge on any atom is -0.370 e. The summed E-state index contributed by atoms with van der Waals surface area (Å²) in [4.78, 5) is 28.6. The van der Waals surface area contributed by atoms with Gasteiger partial charge in [0.1, 0.15) is 5.82 Å². The topological polar surface area (TPSA) is 95.1 Å². The van der Waals surface area contributed by atoms with E-state index in [2.05, 4.69) is 54.0 Å². The largest absolute Gasteiger partial charge is 0.370 e. The minimum absolute atomic E-state index is 0.110. The third-order valence-electron chi connectivity index (χ3n) is 6.22. The van der Waals surface area contributed by atoms with Gasteiger partial charge >= 0.3 is 0 Å². The Hall–Kier alpha value is -3.52. The summed E-state index contributed by atoms with van der Waals surface area (Å²) in [5.74, 6) is 1.66. The van der Waals surface area contributed by atoms with Crippen molar-refractivity contribution in [3.05, 3.63) is 60.4 Å². The van der Waals surface area contributed by atoms with Gasteiger partial charge in [-0.25, -0.2) is 15.0 Å². The number of nitrogens with zero attached hydrogens (tertiary/aromatic N) is 4. The van der Waals surface area contributed by atoms with Crippen LogP contribution in [-0.2, 0) is 11.3 Å². The zero-order valence-corrected chi connectivity index (χ0v) is 18.6. The Morgan fingerprint density at radius 3 is 2.70 bits per heavy atom. The molecule has 0 saturated carbocycles. The molecule has 170 valence electrons. The molecule has 33 heavy (non-hydrogen) atoms. The highest BCUT2D eigenvalue weighted by Gasteiger charge is 2.24. The lowest BCUT2D eigenvalue weighted by molar-refractivity contribution is -0.126. The molecule has 5 aliphatic heterocycles. The molecule has 0 atom stereocenters. The number of rotatable bonds is 0. The fourth-order valence-corrected chi connectivity index (χ4v) is 4.38. The van der Waals surface area contributed by atoms with E-state index in [1.165, 1.54) is 5.56 Å². The van der Waals surface area contributed by atoms with Gasteiger partial charge in [0.25, 0.3) is 0 Å². The van der Waals surface area contributed by atoms with E-state index in [-0.39, 0.29) is 11.8 Å². The second-order valence-corrected chi connectivity index (χ2v) is 8.64. The van der Waals surface area contributed by atoms with E-state index in [0.29, 0.717) is 12.5 Å². The summed E-state index contributed by atoms with van der Waals surface area (Å²) in [7, 11) is 0. The highest BCUT2D eigenvalue weighted by Crippen LogP contribution is 2.23. The van der Waals surface area contributed by atoms with Crippen LogP contribution in [0, 0.1) is 5.92 Å². The average Bonchev–Trinajstić information content (AvgIpc) is 2.84. The first-order valence-electron chi connectivity index (χ1n) is 11.6. The van der Waals surface area contributed by atoms with Crippen LogP contribution >= 0.6 is 0 Å². The quantitative estimate of drug-likeness (QED) is 0.490. The van der Waals surface area contributed by atoms with Gasteiger partial charge < -0.3 is 16.0 Å². The number of carbonyl (C=O) groups excluding carboxylic acids is 1. The highest BCUT2D eigenvalue weighted by atomic mass is 16.1. The first-order chi connectivity index (χ1) is 16.2. The summed E-state index contributed by atoms with van der Waals surface area (Å²) < 4.78 is 0. The van der Waals surface area contributed by atoms with Crippen LogP contribution in [0.15, 0.2) is 54.9 Å². The Morgan fingerprint density at radius 1 is 0.970 bits per heavy atom. The average molecular weight is 444 g/mol. The molecule has 8 heteroatoms. The van der Waals surface area contributed by atoms with E-state index in [1.54, 1.807) is 6.20 Å². The number of piperidine rings is 1. The van der Waals surface area contributed by atoms with Crippen LogP contribution < -0.4 is 16.0 Å². The lowest BCUT2D eigenvalue weighted by Crippen LogP contribution is -2.40. The first kappa shape index (κ1) is 21.3. The summed E-state index contributed by atoms with van der Waals surface area (Å²) in [6.07, 6.45) is 6.23. The van der Waals surface area contributed by atoms with Crippen LogP contribution in [-0.4, -0.2) is 51.9 Å². The lowest BCUT2D eigenvalue weighted by Gasteiger charge is -2.31. The molecule has 1 aromatic carbocycles. The summed E-state index contributed by atoms with van der Waals surface area (Å²) in [5.41, 5.74) is 3.93. The molecule has 0 spiro atoms. The Bertz CT molecular complexity index is 1090. The first-order valence-corrected chi connectivity index (χ1v) is 11.6. The van der Waals surface area contributed by atoms with Crippen molar-refractivity contribution in [2.75, 3.05) is 36.8 Å². The van der Waals surface area contributed by atoms with Gasteiger partial charge in [0.05, 0.1) is 5.69 Å². The van der Waals surface area contributed by atoms with Crippen LogP contribution in [0.3, 0.4) is 0 Å². The predicted molar refractivity (Wildman–Crippen MR) is 129 cm³/mol. The second-order valence-electron chi connectivity index (χ2n) is 8.64. The summed E-state index contributed by atoms with van der Waals surface area (Å²) in [5, 5.41) is 9.76. The van der Waals surface area contributed by atoms with Crippen LogP contribution in [0.25, 0.3) is 11.3 Å². The fourth-order valence-electron chi connectivity index (χ4n) is 4.38. The summed E-state index contributed by atoms with van der Waals surface area (Å²) in [6.45, 7) is 4.17. The Balaban J connectivity index is 1.38. The summed E-state index contributed by atoms with van der Waals surface area (Å²) >= 11 is 0. The predicted octanol–water partition coefficient (Wildman–Crippen LogP) is 3.43. The molecule has 7 heterocycles. The molecule has 3 aromatic rings. The van der Waals surface area contributed by atoms with Crippen LogP contribution in [0.2, 0.25) is 0 Å². The lowest BCUT2D eigenvalue weighted by atomic mass is 9.95. The van der Waals surface area contributed by atoms with E-state index in [9.17, 15) is 4.79 Å². The maximum atomic E-state index is 12.6. The Labute approximate surface area is 193 Å². The third kappa shape index (κ3) is 5.46. The maximum Gasteiger partial charge on any atom is 0.227 e. The van der Waals surface area contributed by atoms with Gasteiger partial charge in [-0.3, -0.25) is 9.69 Å². The number of aromatic nitrogens is 3. The van der Waals surface area contributed by atoms with Crippen LogP contribution in [0.4, 0.5) is 17.5 Å². The number of benzene rings is 1. The third-order valence-corrected chi connectivity index (χ3v) is 6.22. The number of nitrogens with one attached hydrogen (secondary N) is 3.